The number of ether oxygens (including phenoxy) is 1. The van der Waals surface area contributed by atoms with Crippen LogP contribution in [-0.2, 0) is 5.41 Å². The van der Waals surface area contributed by atoms with Crippen LogP contribution < -0.4 is 4.74 Å². The van der Waals surface area contributed by atoms with Crippen molar-refractivity contribution in [1.82, 2.24) is 0 Å². The van der Waals surface area contributed by atoms with E-state index in [4.69, 9.17) is 5.11 Å². The zero-order valence-corrected chi connectivity index (χ0v) is 10.6. The van der Waals surface area contributed by atoms with Gasteiger partial charge in [0.1, 0.15) is 5.75 Å². The van der Waals surface area contributed by atoms with Crippen molar-refractivity contribution in [3.63, 3.8) is 0 Å². The molecule has 1 N–H and O–H groups in total. The summed E-state index contributed by atoms with van der Waals surface area (Å²) in [6.07, 6.45) is 0. The molecule has 0 aliphatic rings. The van der Waals surface area contributed by atoms with Gasteiger partial charge in [0.15, 0.2) is 0 Å². The second-order valence-electron chi connectivity index (χ2n) is 4.11. The van der Waals surface area contributed by atoms with Gasteiger partial charge in [-0.05, 0) is 17.7 Å². The summed E-state index contributed by atoms with van der Waals surface area (Å²) < 4.78 is 29.3. The summed E-state index contributed by atoms with van der Waals surface area (Å²) in [5.74, 6) is 0.0689. The topological polar surface area (TPSA) is 29.5 Å². The van der Waals surface area contributed by atoms with Gasteiger partial charge in [0.25, 0.3) is 0 Å². The van der Waals surface area contributed by atoms with Gasteiger partial charge in [-0.2, -0.15) is 8.78 Å². The number of aliphatic hydroxyl groups excluding tert-OH is 1. The van der Waals surface area contributed by atoms with Gasteiger partial charge in [0.2, 0.25) is 0 Å². The highest BCUT2D eigenvalue weighted by molar-refractivity contribution is 9.09. The maximum absolute atomic E-state index is 12.5. The maximum atomic E-state index is 12.5. The van der Waals surface area contributed by atoms with Crippen LogP contribution in [0.3, 0.4) is 0 Å². The fourth-order valence-electron chi connectivity index (χ4n) is 1.20. The molecule has 0 aliphatic heterocycles. The standard InChI is InChI=1S/C11H13BrF2O2/c1-10(2,7-15)8-3-5-9(6-4-8)16-11(12,13)14/h3-6,15H,7H2,1-2H3. The van der Waals surface area contributed by atoms with Crippen molar-refractivity contribution in [2.75, 3.05) is 6.61 Å². The molecule has 0 saturated carbocycles. The normalized spacial score (nSPS) is 12.6. The summed E-state index contributed by atoms with van der Waals surface area (Å²) in [5.41, 5.74) is 0.468. The van der Waals surface area contributed by atoms with Crippen molar-refractivity contribution in [1.29, 1.82) is 0 Å². The number of hydrogen-bond donors (Lipinski definition) is 1. The summed E-state index contributed by atoms with van der Waals surface area (Å²) in [4.78, 5) is 0. The molecule has 0 atom stereocenters. The molecule has 0 unspecified atom stereocenters. The number of hydrogen-bond acceptors (Lipinski definition) is 2. The van der Waals surface area contributed by atoms with Gasteiger partial charge in [0.05, 0.1) is 6.61 Å². The Morgan fingerprint density at radius 1 is 1.25 bits per heavy atom. The van der Waals surface area contributed by atoms with Crippen molar-refractivity contribution in [2.45, 2.75) is 24.3 Å². The number of rotatable bonds is 4. The van der Waals surface area contributed by atoms with Gasteiger partial charge in [-0.25, -0.2) is 0 Å². The minimum atomic E-state index is -3.36. The largest absolute Gasteiger partial charge is 0.459 e. The first-order chi connectivity index (χ1) is 7.24. The second-order valence-corrected chi connectivity index (χ2v) is 5.04. The quantitative estimate of drug-likeness (QED) is 0.864. The molecule has 16 heavy (non-hydrogen) atoms. The Hall–Kier alpha value is -0.680. The van der Waals surface area contributed by atoms with E-state index in [2.05, 4.69) is 20.7 Å². The third kappa shape index (κ3) is 3.72. The lowest BCUT2D eigenvalue weighted by Crippen LogP contribution is -2.22. The SMILES string of the molecule is CC(C)(CO)c1ccc(OC(F)(F)Br)cc1. The van der Waals surface area contributed by atoms with Crippen LogP contribution in [0.15, 0.2) is 24.3 Å². The van der Waals surface area contributed by atoms with E-state index >= 15 is 0 Å². The molecule has 2 nitrogen and oxygen atoms in total. The molecule has 1 rings (SSSR count). The summed E-state index contributed by atoms with van der Waals surface area (Å²) in [6, 6.07) is 6.21. The van der Waals surface area contributed by atoms with E-state index in [9.17, 15) is 8.78 Å². The van der Waals surface area contributed by atoms with E-state index in [1.54, 1.807) is 12.1 Å². The molecule has 1 aromatic rings. The van der Waals surface area contributed by atoms with Gasteiger partial charge in [-0.1, -0.05) is 26.0 Å². The molecule has 0 spiro atoms. The summed E-state index contributed by atoms with van der Waals surface area (Å²) in [6.45, 7) is 3.71. The first kappa shape index (κ1) is 13.4. The monoisotopic (exact) mass is 294 g/mol. The van der Waals surface area contributed by atoms with Crippen molar-refractivity contribution in [3.8, 4) is 5.75 Å². The third-order valence-electron chi connectivity index (χ3n) is 2.26. The minimum Gasteiger partial charge on any atom is -0.424 e. The van der Waals surface area contributed by atoms with Crippen molar-refractivity contribution < 1.29 is 18.6 Å². The Labute approximate surface area is 101 Å². The van der Waals surface area contributed by atoms with Crippen LogP contribution >= 0.6 is 15.9 Å². The summed E-state index contributed by atoms with van der Waals surface area (Å²) >= 11 is 2.09. The van der Waals surface area contributed by atoms with Gasteiger partial charge < -0.3 is 9.84 Å². The van der Waals surface area contributed by atoms with Crippen LogP contribution in [0.1, 0.15) is 19.4 Å². The molecule has 1 aromatic carbocycles. The van der Waals surface area contributed by atoms with E-state index in [-0.39, 0.29) is 12.4 Å². The molecule has 0 amide bonds. The van der Waals surface area contributed by atoms with Gasteiger partial charge in [-0.3, -0.25) is 0 Å². The first-order valence-corrected chi connectivity index (χ1v) is 5.51. The molecule has 0 fully saturated rings. The molecule has 90 valence electrons. The van der Waals surface area contributed by atoms with Crippen LogP contribution in [-0.4, -0.2) is 16.7 Å². The average Bonchev–Trinajstić information content (AvgIpc) is 2.16. The van der Waals surface area contributed by atoms with Crippen LogP contribution in [0.25, 0.3) is 0 Å². The van der Waals surface area contributed by atoms with Gasteiger partial charge in [-0.15, -0.1) is 0 Å². The minimum absolute atomic E-state index is 0.0121. The Bertz CT molecular complexity index is 344. The highest BCUT2D eigenvalue weighted by Gasteiger charge is 2.26. The number of halogens is 3. The number of aliphatic hydroxyl groups is 1. The molecular formula is C11H13BrF2O2. The van der Waals surface area contributed by atoms with E-state index in [1.807, 2.05) is 13.8 Å². The van der Waals surface area contributed by atoms with E-state index in [0.29, 0.717) is 0 Å². The van der Waals surface area contributed by atoms with Crippen LogP contribution in [0.2, 0.25) is 0 Å². The van der Waals surface area contributed by atoms with Gasteiger partial charge >= 0.3 is 5.02 Å². The fourth-order valence-corrected chi connectivity index (χ4v) is 1.39. The molecule has 0 radical (unpaired) electrons. The fraction of sp³-hybridized carbons (Fsp3) is 0.455. The summed E-state index contributed by atoms with van der Waals surface area (Å²) in [7, 11) is 0. The Balaban J connectivity index is 2.84. The lowest BCUT2D eigenvalue weighted by molar-refractivity contribution is -0.0803. The Kier molecular flexibility index (Phi) is 3.91. The molecule has 0 heterocycles. The first-order valence-electron chi connectivity index (χ1n) is 4.72. The van der Waals surface area contributed by atoms with Crippen LogP contribution in [0, 0.1) is 0 Å². The Morgan fingerprint density at radius 2 is 1.75 bits per heavy atom. The predicted octanol–water partition coefficient (Wildman–Crippen LogP) is 3.28. The molecule has 0 aliphatic carbocycles. The average molecular weight is 295 g/mol. The highest BCUT2D eigenvalue weighted by Crippen LogP contribution is 2.29. The third-order valence-corrected chi connectivity index (χ3v) is 2.43. The summed E-state index contributed by atoms with van der Waals surface area (Å²) in [5, 5.41) is 5.78. The van der Waals surface area contributed by atoms with E-state index in [0.717, 1.165) is 5.56 Å². The second kappa shape index (κ2) is 4.67. The molecular weight excluding hydrogens is 282 g/mol. The molecule has 0 aromatic heterocycles. The van der Waals surface area contributed by atoms with E-state index in [1.165, 1.54) is 12.1 Å². The lowest BCUT2D eigenvalue weighted by atomic mass is 9.86. The Morgan fingerprint density at radius 3 is 2.12 bits per heavy atom. The van der Waals surface area contributed by atoms with Crippen molar-refractivity contribution in [3.05, 3.63) is 29.8 Å². The highest BCUT2D eigenvalue weighted by atomic mass is 79.9. The number of alkyl halides is 3. The molecule has 0 bridgehead atoms. The van der Waals surface area contributed by atoms with Crippen LogP contribution in [0.5, 0.6) is 5.75 Å². The van der Waals surface area contributed by atoms with Crippen LogP contribution in [0.4, 0.5) is 8.78 Å². The zero-order valence-electron chi connectivity index (χ0n) is 9.01. The van der Waals surface area contributed by atoms with E-state index < -0.39 is 10.4 Å². The molecule has 0 saturated heterocycles. The van der Waals surface area contributed by atoms with Gasteiger partial charge in [0, 0.05) is 21.3 Å². The lowest BCUT2D eigenvalue weighted by Gasteiger charge is -2.22. The predicted molar refractivity (Wildman–Crippen MR) is 61.1 cm³/mol. The number of benzene rings is 1. The van der Waals surface area contributed by atoms with Crippen molar-refractivity contribution >= 4 is 15.9 Å². The van der Waals surface area contributed by atoms with Crippen molar-refractivity contribution in [2.24, 2.45) is 0 Å². The smallest absolute Gasteiger partial charge is 0.424 e. The molecule has 5 heteroatoms. The maximum Gasteiger partial charge on any atom is 0.459 e. The zero-order chi connectivity index (χ0) is 12.4.